The van der Waals surface area contributed by atoms with Crippen LogP contribution in [0.25, 0.3) is 10.9 Å². The number of anilines is 2. The molecule has 0 aliphatic carbocycles. The maximum Gasteiger partial charge on any atom is 0.323 e. The highest BCUT2D eigenvalue weighted by Crippen LogP contribution is 2.38. The summed E-state index contributed by atoms with van der Waals surface area (Å²) in [7, 11) is 3.32. The molecule has 1 aromatic heterocycles. The average molecular weight is 475 g/mol. The van der Waals surface area contributed by atoms with Gasteiger partial charge in [-0.05, 0) is 38.6 Å². The van der Waals surface area contributed by atoms with E-state index in [9.17, 15) is 14.3 Å². The molecule has 10 heteroatoms. The number of nitrogens with zero attached hydrogens (tertiary/aromatic N) is 3. The fourth-order valence-corrected chi connectivity index (χ4v) is 4.13. The standard InChI is InChI=1S/C23H24ClFN4O4/c1-23(22(30)31)11-13(7-8-29(23)2)33-19-9-14-17(10-18(19)32-3)26-12-27-21(14)28-16-6-4-5-15(24)20(16)25/h4-6,9-10,12-13H,7-8,11H2,1-3H3,(H,30,31)(H,26,27,28)/t13-,23+/m0/s1. The number of aliphatic carboxylic acids is 1. The number of hydrogen-bond donors (Lipinski definition) is 2. The summed E-state index contributed by atoms with van der Waals surface area (Å²) in [6, 6.07) is 8.08. The van der Waals surface area contributed by atoms with E-state index >= 15 is 0 Å². The third-order valence-corrected chi connectivity index (χ3v) is 6.43. The summed E-state index contributed by atoms with van der Waals surface area (Å²) in [6.07, 6.45) is 2.00. The van der Waals surface area contributed by atoms with E-state index in [0.717, 1.165) is 0 Å². The van der Waals surface area contributed by atoms with E-state index in [0.29, 0.717) is 47.6 Å². The normalized spacial score (nSPS) is 21.1. The fraction of sp³-hybridized carbons (Fsp3) is 0.348. The lowest BCUT2D eigenvalue weighted by Crippen LogP contribution is -2.57. The summed E-state index contributed by atoms with van der Waals surface area (Å²) in [5.41, 5.74) is -0.293. The number of likely N-dealkylation sites (tertiary alicyclic amines) is 1. The molecule has 4 rings (SSSR count). The number of likely N-dealkylation sites (N-methyl/N-ethyl adjacent to an activating group) is 1. The molecule has 0 saturated carbocycles. The second-order valence-electron chi connectivity index (χ2n) is 8.20. The van der Waals surface area contributed by atoms with Crippen LogP contribution in [0.5, 0.6) is 11.5 Å². The highest BCUT2D eigenvalue weighted by Gasteiger charge is 2.43. The van der Waals surface area contributed by atoms with Crippen molar-refractivity contribution >= 4 is 40.0 Å². The monoisotopic (exact) mass is 474 g/mol. The van der Waals surface area contributed by atoms with Crippen molar-refractivity contribution in [3.63, 3.8) is 0 Å². The predicted octanol–water partition coefficient (Wildman–Crippen LogP) is 4.49. The summed E-state index contributed by atoms with van der Waals surface area (Å²) < 4.78 is 26.2. The number of aromatic nitrogens is 2. The molecule has 2 N–H and O–H groups in total. The maximum atomic E-state index is 14.4. The van der Waals surface area contributed by atoms with Crippen molar-refractivity contribution in [3.8, 4) is 11.5 Å². The second-order valence-corrected chi connectivity index (χ2v) is 8.61. The van der Waals surface area contributed by atoms with Crippen molar-refractivity contribution in [1.29, 1.82) is 0 Å². The minimum Gasteiger partial charge on any atom is -0.493 e. The summed E-state index contributed by atoms with van der Waals surface area (Å²) >= 11 is 5.90. The molecule has 1 aliphatic heterocycles. The number of carboxylic acid groups (broad SMARTS) is 1. The van der Waals surface area contributed by atoms with E-state index in [-0.39, 0.29) is 16.8 Å². The Bertz CT molecular complexity index is 1210. The summed E-state index contributed by atoms with van der Waals surface area (Å²) in [5, 5.41) is 13.3. The molecule has 1 saturated heterocycles. The molecule has 3 aromatic rings. The Labute approximate surface area is 195 Å². The molecular weight excluding hydrogens is 451 g/mol. The van der Waals surface area contributed by atoms with E-state index in [1.807, 2.05) is 4.90 Å². The van der Waals surface area contributed by atoms with Crippen LogP contribution in [0.4, 0.5) is 15.9 Å². The van der Waals surface area contributed by atoms with E-state index in [2.05, 4.69) is 15.3 Å². The largest absolute Gasteiger partial charge is 0.493 e. The maximum absolute atomic E-state index is 14.4. The van der Waals surface area contributed by atoms with Crippen molar-refractivity contribution in [2.24, 2.45) is 0 Å². The van der Waals surface area contributed by atoms with Gasteiger partial charge in [0.1, 0.15) is 23.8 Å². The summed E-state index contributed by atoms with van der Waals surface area (Å²) in [5.74, 6) is -0.233. The second kappa shape index (κ2) is 8.99. The van der Waals surface area contributed by atoms with Gasteiger partial charge in [0.25, 0.3) is 0 Å². The highest BCUT2D eigenvalue weighted by molar-refractivity contribution is 6.31. The third kappa shape index (κ3) is 4.38. The first-order valence-corrected chi connectivity index (χ1v) is 10.8. The Morgan fingerprint density at radius 2 is 2.12 bits per heavy atom. The van der Waals surface area contributed by atoms with Crippen LogP contribution >= 0.6 is 11.6 Å². The molecule has 33 heavy (non-hydrogen) atoms. The molecule has 8 nitrogen and oxygen atoms in total. The SMILES string of the molecule is COc1cc2ncnc(Nc3cccc(Cl)c3F)c2cc1O[C@H]1CCN(C)[C@@](C)(C(=O)O)C1. The van der Waals surface area contributed by atoms with Gasteiger partial charge in [0.2, 0.25) is 0 Å². The Morgan fingerprint density at radius 3 is 2.85 bits per heavy atom. The first-order chi connectivity index (χ1) is 15.7. The van der Waals surface area contributed by atoms with Gasteiger partial charge in [-0.3, -0.25) is 9.69 Å². The molecule has 0 radical (unpaired) electrons. The van der Waals surface area contributed by atoms with Crippen molar-refractivity contribution in [2.75, 3.05) is 26.0 Å². The minimum atomic E-state index is -1.03. The van der Waals surface area contributed by atoms with Gasteiger partial charge in [0.05, 0.1) is 23.3 Å². The molecule has 0 unspecified atom stereocenters. The fourth-order valence-electron chi connectivity index (χ4n) is 3.96. The van der Waals surface area contributed by atoms with E-state index in [1.54, 1.807) is 38.2 Å². The number of halogens is 2. The first-order valence-electron chi connectivity index (χ1n) is 10.4. The topological polar surface area (TPSA) is 96.8 Å². The number of carbonyl (C=O) groups is 1. The van der Waals surface area contributed by atoms with E-state index in [4.69, 9.17) is 21.1 Å². The van der Waals surface area contributed by atoms with Crippen molar-refractivity contribution in [2.45, 2.75) is 31.4 Å². The zero-order valence-electron chi connectivity index (χ0n) is 18.4. The number of hydrogen-bond acceptors (Lipinski definition) is 7. The van der Waals surface area contributed by atoms with Crippen LogP contribution < -0.4 is 14.8 Å². The van der Waals surface area contributed by atoms with Gasteiger partial charge in [-0.2, -0.15) is 0 Å². The number of rotatable bonds is 6. The highest BCUT2D eigenvalue weighted by atomic mass is 35.5. The average Bonchev–Trinajstić information content (AvgIpc) is 2.79. The van der Waals surface area contributed by atoms with Gasteiger partial charge in [0.15, 0.2) is 17.3 Å². The van der Waals surface area contributed by atoms with Gasteiger partial charge < -0.3 is 19.9 Å². The van der Waals surface area contributed by atoms with Crippen molar-refractivity contribution in [1.82, 2.24) is 14.9 Å². The quantitative estimate of drug-likeness (QED) is 0.539. The number of nitrogens with one attached hydrogen (secondary N) is 1. The molecule has 0 amide bonds. The first kappa shape index (κ1) is 23.0. The van der Waals surface area contributed by atoms with Gasteiger partial charge in [0, 0.05) is 24.4 Å². The van der Waals surface area contributed by atoms with Crippen LogP contribution in [0.15, 0.2) is 36.7 Å². The lowest BCUT2D eigenvalue weighted by molar-refractivity contribution is -0.154. The van der Waals surface area contributed by atoms with Crippen molar-refractivity contribution < 1.29 is 23.8 Å². The number of fused-ring (bicyclic) bond motifs is 1. The molecule has 174 valence electrons. The molecule has 2 aromatic carbocycles. The van der Waals surface area contributed by atoms with Crippen LogP contribution in [-0.4, -0.2) is 58.3 Å². The Balaban J connectivity index is 1.69. The van der Waals surface area contributed by atoms with E-state index < -0.39 is 17.3 Å². The third-order valence-electron chi connectivity index (χ3n) is 6.13. The zero-order valence-corrected chi connectivity index (χ0v) is 19.2. The van der Waals surface area contributed by atoms with Crippen LogP contribution in [0.1, 0.15) is 19.8 Å². The molecular formula is C23H24ClFN4O4. The van der Waals surface area contributed by atoms with Gasteiger partial charge >= 0.3 is 5.97 Å². The number of ether oxygens (including phenoxy) is 2. The lowest BCUT2D eigenvalue weighted by Gasteiger charge is -2.42. The van der Waals surface area contributed by atoms with Crippen molar-refractivity contribution in [3.05, 3.63) is 47.5 Å². The van der Waals surface area contributed by atoms with Crippen LogP contribution in [0.2, 0.25) is 5.02 Å². The number of benzene rings is 2. The Morgan fingerprint density at radius 1 is 1.33 bits per heavy atom. The lowest BCUT2D eigenvalue weighted by atomic mass is 9.87. The number of carboxylic acids is 1. The summed E-state index contributed by atoms with van der Waals surface area (Å²) in [6.45, 7) is 2.27. The number of methoxy groups -OCH3 is 1. The molecule has 0 bridgehead atoms. The molecule has 1 aliphatic rings. The molecule has 0 spiro atoms. The van der Waals surface area contributed by atoms with Crippen LogP contribution in [-0.2, 0) is 4.79 Å². The molecule has 2 heterocycles. The predicted molar refractivity (Wildman–Crippen MR) is 123 cm³/mol. The number of piperidine rings is 1. The van der Waals surface area contributed by atoms with Crippen LogP contribution in [0, 0.1) is 5.82 Å². The summed E-state index contributed by atoms with van der Waals surface area (Å²) in [4.78, 5) is 22.2. The van der Waals surface area contributed by atoms with Gasteiger partial charge in [-0.15, -0.1) is 0 Å². The van der Waals surface area contributed by atoms with E-state index in [1.165, 1.54) is 19.5 Å². The Kier molecular flexibility index (Phi) is 6.27. The smallest absolute Gasteiger partial charge is 0.323 e. The van der Waals surface area contributed by atoms with Gasteiger partial charge in [-0.25, -0.2) is 14.4 Å². The zero-order chi connectivity index (χ0) is 23.8. The minimum absolute atomic E-state index is 0.00667. The Hall–Kier alpha value is -3.17. The van der Waals surface area contributed by atoms with Gasteiger partial charge in [-0.1, -0.05) is 17.7 Å². The molecule has 2 atom stereocenters. The van der Waals surface area contributed by atoms with Crippen LogP contribution in [0.3, 0.4) is 0 Å². The molecule has 1 fully saturated rings.